The molecule has 212 valence electrons. The minimum Gasteiger partial charge on any atom is -0.492 e. The van der Waals surface area contributed by atoms with Gasteiger partial charge in [0.05, 0.1) is 11.2 Å². The van der Waals surface area contributed by atoms with Crippen molar-refractivity contribution in [1.29, 1.82) is 0 Å². The van der Waals surface area contributed by atoms with Crippen molar-refractivity contribution >= 4 is 22.7 Å². The van der Waals surface area contributed by atoms with Gasteiger partial charge in [0.1, 0.15) is 24.4 Å². The molecule has 0 aliphatic carbocycles. The number of benzene rings is 2. The third-order valence-corrected chi connectivity index (χ3v) is 8.56. The highest BCUT2D eigenvalue weighted by Gasteiger charge is 2.27. The number of rotatable bonds is 7. The van der Waals surface area contributed by atoms with E-state index in [1.807, 2.05) is 36.4 Å². The zero-order valence-electron chi connectivity index (χ0n) is 23.5. The molecular weight excluding hydrogens is 504 g/mol. The van der Waals surface area contributed by atoms with Crippen LogP contribution in [0.2, 0.25) is 0 Å². The van der Waals surface area contributed by atoms with Crippen LogP contribution in [-0.2, 0) is 0 Å². The molecule has 0 saturated carbocycles. The standard InChI is InChI=1S/C31H40N6O3/c1-34-16-18-35(19-17-34)20-21-39-27-8-9-28-29(22-27)32-23-33-30(28)24-10-14-37(15-11-24)31(38)40-26-6-4-25(5-7-26)36-12-2-3-13-36/h4-9,22-24H,2-3,10-21H2,1H3. The lowest BCUT2D eigenvalue weighted by Crippen LogP contribution is -2.45. The summed E-state index contributed by atoms with van der Waals surface area (Å²) in [7, 11) is 2.17. The summed E-state index contributed by atoms with van der Waals surface area (Å²) >= 11 is 0. The van der Waals surface area contributed by atoms with Crippen molar-refractivity contribution in [1.82, 2.24) is 24.7 Å². The predicted molar refractivity (Wildman–Crippen MR) is 156 cm³/mol. The van der Waals surface area contributed by atoms with Crippen molar-refractivity contribution < 1.29 is 14.3 Å². The minimum absolute atomic E-state index is 0.276. The van der Waals surface area contributed by atoms with Crippen molar-refractivity contribution in [3.63, 3.8) is 0 Å². The van der Waals surface area contributed by atoms with Crippen LogP contribution in [0.1, 0.15) is 37.3 Å². The Kier molecular flexibility index (Phi) is 8.29. The number of piperidine rings is 1. The van der Waals surface area contributed by atoms with Gasteiger partial charge in [0.15, 0.2) is 0 Å². The molecule has 3 aliphatic rings. The van der Waals surface area contributed by atoms with E-state index < -0.39 is 0 Å². The van der Waals surface area contributed by atoms with E-state index in [1.54, 1.807) is 11.2 Å². The van der Waals surface area contributed by atoms with Gasteiger partial charge in [-0.2, -0.15) is 0 Å². The molecule has 9 nitrogen and oxygen atoms in total. The average molecular weight is 545 g/mol. The summed E-state index contributed by atoms with van der Waals surface area (Å²) in [5.74, 6) is 1.72. The second kappa shape index (κ2) is 12.4. The molecule has 0 atom stereocenters. The number of aromatic nitrogens is 2. The summed E-state index contributed by atoms with van der Waals surface area (Å²) in [6, 6.07) is 14.0. The number of hydrogen-bond donors (Lipinski definition) is 0. The monoisotopic (exact) mass is 544 g/mol. The van der Waals surface area contributed by atoms with Crippen molar-refractivity contribution in [3.8, 4) is 11.5 Å². The molecule has 3 fully saturated rings. The zero-order valence-corrected chi connectivity index (χ0v) is 23.5. The predicted octanol–water partition coefficient (Wildman–Crippen LogP) is 4.23. The van der Waals surface area contributed by atoms with Crippen molar-refractivity contribution in [3.05, 3.63) is 54.5 Å². The highest BCUT2D eigenvalue weighted by atomic mass is 16.6. The molecule has 0 N–H and O–H groups in total. The summed E-state index contributed by atoms with van der Waals surface area (Å²) in [4.78, 5) is 31.0. The summed E-state index contributed by atoms with van der Waals surface area (Å²) in [5, 5.41) is 1.06. The molecule has 4 heterocycles. The third kappa shape index (κ3) is 6.31. The molecule has 1 aromatic heterocycles. The number of piperazine rings is 1. The van der Waals surface area contributed by atoms with E-state index in [-0.39, 0.29) is 12.0 Å². The van der Waals surface area contributed by atoms with Crippen LogP contribution >= 0.6 is 0 Å². The number of amides is 1. The lowest BCUT2D eigenvalue weighted by atomic mass is 9.91. The highest BCUT2D eigenvalue weighted by molar-refractivity contribution is 5.82. The Morgan fingerprint density at radius 1 is 0.875 bits per heavy atom. The molecule has 0 radical (unpaired) electrons. The van der Waals surface area contributed by atoms with Crippen molar-refractivity contribution in [2.75, 3.05) is 77.5 Å². The number of hydrogen-bond acceptors (Lipinski definition) is 8. The maximum atomic E-state index is 12.9. The van der Waals surface area contributed by atoms with Gasteiger partial charge in [-0.1, -0.05) is 0 Å². The topological polar surface area (TPSA) is 74.3 Å². The lowest BCUT2D eigenvalue weighted by molar-refractivity contribution is 0.134. The van der Waals surface area contributed by atoms with E-state index in [0.29, 0.717) is 25.4 Å². The molecule has 0 unspecified atom stereocenters. The van der Waals surface area contributed by atoms with Gasteiger partial charge in [0.25, 0.3) is 0 Å². The van der Waals surface area contributed by atoms with Crippen LogP contribution in [0.25, 0.3) is 10.9 Å². The number of ether oxygens (including phenoxy) is 2. The summed E-state index contributed by atoms with van der Waals surface area (Å²) in [6.45, 7) is 9.51. The molecule has 1 amide bonds. The van der Waals surface area contributed by atoms with Gasteiger partial charge >= 0.3 is 6.09 Å². The average Bonchev–Trinajstić information content (AvgIpc) is 3.54. The van der Waals surface area contributed by atoms with Gasteiger partial charge < -0.3 is 24.2 Å². The summed E-state index contributed by atoms with van der Waals surface area (Å²) in [6.07, 6.45) is 5.54. The smallest absolute Gasteiger partial charge is 0.415 e. The van der Waals surface area contributed by atoms with Gasteiger partial charge in [-0.25, -0.2) is 14.8 Å². The first-order chi connectivity index (χ1) is 19.6. The Labute approximate surface area is 236 Å². The van der Waals surface area contributed by atoms with Gasteiger partial charge in [0, 0.05) is 82.0 Å². The molecule has 0 spiro atoms. The molecule has 40 heavy (non-hydrogen) atoms. The molecule has 3 aromatic rings. The molecular formula is C31H40N6O3. The number of likely N-dealkylation sites (tertiary alicyclic amines) is 1. The zero-order chi connectivity index (χ0) is 27.3. The Morgan fingerprint density at radius 2 is 1.60 bits per heavy atom. The third-order valence-electron chi connectivity index (χ3n) is 8.56. The Bertz CT molecular complexity index is 1280. The SMILES string of the molecule is CN1CCN(CCOc2ccc3c(C4CCN(C(=O)Oc5ccc(N6CCCC6)cc5)CC4)ncnc3c2)CC1. The van der Waals surface area contributed by atoms with Crippen LogP contribution < -0.4 is 14.4 Å². The van der Waals surface area contributed by atoms with Crippen LogP contribution in [0, 0.1) is 0 Å². The Morgan fingerprint density at radius 3 is 2.35 bits per heavy atom. The normalized spacial score (nSPS) is 19.3. The second-order valence-electron chi connectivity index (χ2n) is 11.2. The largest absolute Gasteiger partial charge is 0.492 e. The van der Waals surface area contributed by atoms with Crippen LogP contribution in [0.3, 0.4) is 0 Å². The molecule has 6 rings (SSSR count). The first-order valence-electron chi connectivity index (χ1n) is 14.7. The van der Waals surface area contributed by atoms with E-state index in [4.69, 9.17) is 9.47 Å². The van der Waals surface area contributed by atoms with Crippen molar-refractivity contribution in [2.24, 2.45) is 0 Å². The first-order valence-corrected chi connectivity index (χ1v) is 14.7. The molecule has 2 aromatic carbocycles. The van der Waals surface area contributed by atoms with Crippen LogP contribution in [0.15, 0.2) is 48.8 Å². The molecule has 0 bridgehead atoms. The Balaban J connectivity index is 1.01. The van der Waals surface area contributed by atoms with Crippen LogP contribution in [-0.4, -0.2) is 103 Å². The van der Waals surface area contributed by atoms with E-state index >= 15 is 0 Å². The van der Waals surface area contributed by atoms with Crippen molar-refractivity contribution in [2.45, 2.75) is 31.6 Å². The molecule has 9 heteroatoms. The molecule has 3 aliphatic heterocycles. The van der Waals surface area contributed by atoms with E-state index in [1.165, 1.54) is 18.5 Å². The minimum atomic E-state index is -0.279. The molecule has 3 saturated heterocycles. The summed E-state index contributed by atoms with van der Waals surface area (Å²) in [5.41, 5.74) is 3.15. The fourth-order valence-corrected chi connectivity index (χ4v) is 6.04. The fraction of sp³-hybridized carbons (Fsp3) is 0.516. The number of fused-ring (bicyclic) bond motifs is 1. The quantitative estimate of drug-likeness (QED) is 0.438. The van der Waals surface area contributed by atoms with E-state index in [2.05, 4.69) is 37.8 Å². The van der Waals surface area contributed by atoms with Crippen LogP contribution in [0.4, 0.5) is 10.5 Å². The number of likely N-dealkylation sites (N-methyl/N-ethyl adjacent to an activating group) is 1. The number of carbonyl (C=O) groups excluding carboxylic acids is 1. The number of anilines is 1. The van der Waals surface area contributed by atoms with Crippen LogP contribution in [0.5, 0.6) is 11.5 Å². The maximum absolute atomic E-state index is 12.9. The van der Waals surface area contributed by atoms with Gasteiger partial charge in [-0.05, 0) is 69.1 Å². The van der Waals surface area contributed by atoms with E-state index in [9.17, 15) is 4.79 Å². The second-order valence-corrected chi connectivity index (χ2v) is 11.2. The fourth-order valence-electron chi connectivity index (χ4n) is 6.04. The number of carbonyl (C=O) groups is 1. The lowest BCUT2D eigenvalue weighted by Gasteiger charge is -2.32. The van der Waals surface area contributed by atoms with E-state index in [0.717, 1.165) is 81.0 Å². The van der Waals surface area contributed by atoms with Gasteiger partial charge in [0.2, 0.25) is 0 Å². The number of nitrogens with zero attached hydrogens (tertiary/aromatic N) is 6. The van der Waals surface area contributed by atoms with Gasteiger partial charge in [-0.15, -0.1) is 0 Å². The van der Waals surface area contributed by atoms with Gasteiger partial charge in [-0.3, -0.25) is 4.90 Å². The Hall–Kier alpha value is -3.43. The first kappa shape index (κ1) is 26.8. The highest BCUT2D eigenvalue weighted by Crippen LogP contribution is 2.32. The summed E-state index contributed by atoms with van der Waals surface area (Å²) < 4.78 is 11.8. The maximum Gasteiger partial charge on any atom is 0.415 e.